The van der Waals surface area contributed by atoms with Crippen LogP contribution in [0.4, 0.5) is 5.82 Å². The van der Waals surface area contributed by atoms with Crippen molar-refractivity contribution in [3.63, 3.8) is 0 Å². The third-order valence-corrected chi connectivity index (χ3v) is 3.67. The molecule has 7 nitrogen and oxygen atoms in total. The Morgan fingerprint density at radius 3 is 2.68 bits per heavy atom. The van der Waals surface area contributed by atoms with Crippen LogP contribution in [0.1, 0.15) is 30.9 Å². The van der Waals surface area contributed by atoms with E-state index >= 15 is 0 Å². The third kappa shape index (κ3) is 2.16. The molecular weight excluding hydrogens is 284 g/mol. The Bertz CT molecular complexity index is 893. The number of pyridine rings is 1. The second-order valence-corrected chi connectivity index (χ2v) is 5.14. The molecule has 0 aliphatic carbocycles. The van der Waals surface area contributed by atoms with Crippen molar-refractivity contribution in [1.29, 1.82) is 0 Å². The largest absolute Gasteiger partial charge is 0.345 e. The van der Waals surface area contributed by atoms with E-state index in [0.717, 1.165) is 0 Å². The number of carbonyl (C=O) groups excluding carboxylic acids is 1. The number of aromatic amines is 2. The third-order valence-electron chi connectivity index (χ3n) is 3.67. The standard InChI is InChI=1S/C15H14N4O3/c1-7-10(8(2)20)11(9-4-3-5-16-6-9)12-13(17-7)18-15(22)19-14(12)21/h3-6,11H,1-2H3,(H3,17,18,19,21,22). The van der Waals surface area contributed by atoms with Gasteiger partial charge >= 0.3 is 5.69 Å². The Kier molecular flexibility index (Phi) is 3.25. The molecule has 3 rings (SSSR count). The van der Waals surface area contributed by atoms with Gasteiger partial charge in [-0.1, -0.05) is 6.07 Å². The lowest BCUT2D eigenvalue weighted by molar-refractivity contribution is -0.113. The lowest BCUT2D eigenvalue weighted by atomic mass is 9.81. The number of hydrogen-bond acceptors (Lipinski definition) is 5. The van der Waals surface area contributed by atoms with Gasteiger partial charge in [0, 0.05) is 29.6 Å². The minimum absolute atomic E-state index is 0.143. The molecule has 0 aromatic carbocycles. The van der Waals surface area contributed by atoms with Crippen LogP contribution in [0.15, 0.2) is 45.4 Å². The van der Waals surface area contributed by atoms with E-state index in [0.29, 0.717) is 28.2 Å². The molecule has 1 aliphatic rings. The summed E-state index contributed by atoms with van der Waals surface area (Å²) in [5.74, 6) is -0.400. The molecule has 0 saturated carbocycles. The molecule has 0 fully saturated rings. The van der Waals surface area contributed by atoms with Gasteiger partial charge in [-0.05, 0) is 25.5 Å². The second-order valence-electron chi connectivity index (χ2n) is 5.14. The molecule has 0 bridgehead atoms. The van der Waals surface area contributed by atoms with Crippen molar-refractivity contribution >= 4 is 11.6 Å². The van der Waals surface area contributed by atoms with Crippen molar-refractivity contribution < 1.29 is 4.79 Å². The van der Waals surface area contributed by atoms with Crippen molar-refractivity contribution in [3.05, 3.63) is 67.8 Å². The molecule has 1 aliphatic heterocycles. The minimum atomic E-state index is -0.597. The summed E-state index contributed by atoms with van der Waals surface area (Å²) in [6.07, 6.45) is 3.23. The molecule has 7 heteroatoms. The summed E-state index contributed by atoms with van der Waals surface area (Å²) in [6.45, 7) is 3.19. The molecule has 0 saturated heterocycles. The first kappa shape index (κ1) is 14.0. The van der Waals surface area contributed by atoms with Crippen LogP contribution in [-0.2, 0) is 4.79 Å². The number of allylic oxidation sites excluding steroid dienone is 2. The monoisotopic (exact) mass is 298 g/mol. The molecule has 0 spiro atoms. The maximum Gasteiger partial charge on any atom is 0.327 e. The maximum absolute atomic E-state index is 12.3. The summed E-state index contributed by atoms with van der Waals surface area (Å²) in [7, 11) is 0. The lowest BCUT2D eigenvalue weighted by Gasteiger charge is -2.28. The second kappa shape index (κ2) is 5.10. The number of nitrogens with one attached hydrogen (secondary N) is 3. The maximum atomic E-state index is 12.3. The first-order valence-electron chi connectivity index (χ1n) is 6.74. The van der Waals surface area contributed by atoms with E-state index in [4.69, 9.17) is 0 Å². The SMILES string of the molecule is CC(=O)C1=C(C)Nc2[nH]c(=O)[nH]c(=O)c2C1c1cccnc1. The first-order chi connectivity index (χ1) is 10.5. The van der Waals surface area contributed by atoms with E-state index in [2.05, 4.69) is 20.3 Å². The van der Waals surface area contributed by atoms with Crippen LogP contribution in [0.25, 0.3) is 0 Å². The van der Waals surface area contributed by atoms with Crippen LogP contribution in [-0.4, -0.2) is 20.7 Å². The molecule has 22 heavy (non-hydrogen) atoms. The van der Waals surface area contributed by atoms with Crippen LogP contribution in [0.5, 0.6) is 0 Å². The Morgan fingerprint density at radius 1 is 1.27 bits per heavy atom. The Balaban J connectivity index is 2.35. The molecule has 3 N–H and O–H groups in total. The number of carbonyl (C=O) groups is 1. The normalized spacial score (nSPS) is 16.9. The number of ketones is 1. The van der Waals surface area contributed by atoms with Gasteiger partial charge in [0.15, 0.2) is 5.78 Å². The fourth-order valence-electron chi connectivity index (χ4n) is 2.83. The highest BCUT2D eigenvalue weighted by molar-refractivity contribution is 5.98. The Hall–Kier alpha value is -2.96. The van der Waals surface area contributed by atoms with Gasteiger partial charge < -0.3 is 5.32 Å². The molecule has 112 valence electrons. The van der Waals surface area contributed by atoms with Gasteiger partial charge in [-0.25, -0.2) is 4.79 Å². The van der Waals surface area contributed by atoms with Crippen LogP contribution < -0.4 is 16.6 Å². The van der Waals surface area contributed by atoms with E-state index in [-0.39, 0.29) is 5.78 Å². The predicted octanol–water partition coefficient (Wildman–Crippen LogP) is 0.879. The fourth-order valence-corrected chi connectivity index (χ4v) is 2.83. The van der Waals surface area contributed by atoms with Gasteiger partial charge in [-0.2, -0.15) is 0 Å². The van der Waals surface area contributed by atoms with Crippen molar-refractivity contribution in [2.45, 2.75) is 19.8 Å². The first-order valence-corrected chi connectivity index (χ1v) is 6.74. The summed E-state index contributed by atoms with van der Waals surface area (Å²) < 4.78 is 0. The molecule has 3 heterocycles. The summed E-state index contributed by atoms with van der Waals surface area (Å²) >= 11 is 0. The summed E-state index contributed by atoms with van der Waals surface area (Å²) in [6, 6.07) is 3.54. The van der Waals surface area contributed by atoms with Crippen LogP contribution >= 0.6 is 0 Å². The quantitative estimate of drug-likeness (QED) is 0.762. The average Bonchev–Trinajstić information content (AvgIpc) is 2.45. The number of aromatic nitrogens is 3. The minimum Gasteiger partial charge on any atom is -0.345 e. The van der Waals surface area contributed by atoms with Gasteiger partial charge in [0.25, 0.3) is 5.56 Å². The zero-order valence-electron chi connectivity index (χ0n) is 12.1. The Labute approximate surface area is 125 Å². The van der Waals surface area contributed by atoms with E-state index in [1.807, 2.05) is 0 Å². The number of rotatable bonds is 2. The average molecular weight is 298 g/mol. The van der Waals surface area contributed by atoms with Gasteiger partial charge in [0.1, 0.15) is 5.82 Å². The van der Waals surface area contributed by atoms with Crippen LogP contribution in [0, 0.1) is 0 Å². The molecule has 2 aromatic heterocycles. The number of Topliss-reactive ketones (excluding diaryl/α,β-unsaturated/α-hetero) is 1. The van der Waals surface area contributed by atoms with Crippen LogP contribution in [0.3, 0.4) is 0 Å². The fraction of sp³-hybridized carbons (Fsp3) is 0.200. The highest BCUT2D eigenvalue weighted by Crippen LogP contribution is 2.38. The van der Waals surface area contributed by atoms with Crippen molar-refractivity contribution in [3.8, 4) is 0 Å². The molecule has 0 radical (unpaired) electrons. The molecule has 1 atom stereocenters. The van der Waals surface area contributed by atoms with Gasteiger partial charge in [-0.15, -0.1) is 0 Å². The number of nitrogens with zero attached hydrogens (tertiary/aromatic N) is 1. The van der Waals surface area contributed by atoms with E-state index in [1.165, 1.54) is 6.92 Å². The van der Waals surface area contributed by atoms with Gasteiger partial charge in [0.2, 0.25) is 0 Å². The molecular formula is C15H14N4O3. The van der Waals surface area contributed by atoms with E-state index < -0.39 is 17.2 Å². The van der Waals surface area contributed by atoms with Crippen molar-refractivity contribution in [1.82, 2.24) is 15.0 Å². The smallest absolute Gasteiger partial charge is 0.327 e. The van der Waals surface area contributed by atoms with E-state index in [9.17, 15) is 14.4 Å². The van der Waals surface area contributed by atoms with Gasteiger partial charge in [0.05, 0.1) is 5.56 Å². The number of H-pyrrole nitrogens is 2. The topological polar surface area (TPSA) is 108 Å². The number of hydrogen-bond donors (Lipinski definition) is 3. The molecule has 1 unspecified atom stereocenters. The summed E-state index contributed by atoms with van der Waals surface area (Å²) in [4.78, 5) is 44.7. The van der Waals surface area contributed by atoms with Gasteiger partial charge in [-0.3, -0.25) is 24.5 Å². The van der Waals surface area contributed by atoms with Crippen molar-refractivity contribution in [2.24, 2.45) is 0 Å². The highest BCUT2D eigenvalue weighted by Gasteiger charge is 2.33. The van der Waals surface area contributed by atoms with Crippen molar-refractivity contribution in [2.75, 3.05) is 5.32 Å². The summed E-state index contributed by atoms with van der Waals surface area (Å²) in [5, 5.41) is 2.94. The van der Waals surface area contributed by atoms with E-state index in [1.54, 1.807) is 31.5 Å². The molecule has 2 aromatic rings. The highest BCUT2D eigenvalue weighted by atomic mass is 16.2. The zero-order valence-corrected chi connectivity index (χ0v) is 12.1. The lowest BCUT2D eigenvalue weighted by Crippen LogP contribution is -2.34. The predicted molar refractivity (Wildman–Crippen MR) is 80.8 cm³/mol. The molecule has 0 amide bonds. The number of fused-ring (bicyclic) bond motifs is 1. The zero-order chi connectivity index (χ0) is 15.9. The number of anilines is 1. The summed E-state index contributed by atoms with van der Waals surface area (Å²) in [5.41, 5.74) is 0.996. The Morgan fingerprint density at radius 2 is 2.05 bits per heavy atom. The van der Waals surface area contributed by atoms with Crippen LogP contribution in [0.2, 0.25) is 0 Å².